The van der Waals surface area contributed by atoms with Crippen molar-refractivity contribution in [2.45, 2.75) is 25.8 Å². The van der Waals surface area contributed by atoms with Gasteiger partial charge in [0.15, 0.2) is 12.4 Å². The Morgan fingerprint density at radius 1 is 0.943 bits per heavy atom. The molecule has 0 spiro atoms. The first kappa shape index (κ1) is 24.4. The number of benzene rings is 3. The second-order valence-corrected chi connectivity index (χ2v) is 9.09. The number of rotatable bonds is 9. The fourth-order valence-electron chi connectivity index (χ4n) is 3.80. The molecule has 0 bridgehead atoms. The van der Waals surface area contributed by atoms with Crippen LogP contribution in [0.15, 0.2) is 83.5 Å². The third kappa shape index (κ3) is 6.05. The first-order chi connectivity index (χ1) is 16.9. The Labute approximate surface area is 211 Å². The number of hydrogen-bond acceptors (Lipinski definition) is 4. The van der Waals surface area contributed by atoms with Crippen LogP contribution in [-0.4, -0.2) is 35.3 Å². The molecular weight excluding hydrogens is 508 g/mol. The molecule has 1 aromatic heterocycles. The molecule has 4 rings (SSSR count). The standard InChI is InChI=1S/C28H25BrN2O4/c1-2-18-7-9-19(10-8-18)26(32)17-35-28(34)25(31-27(33)20-11-13-22(29)14-12-20)15-21-16-30-24-6-4-3-5-23(21)24/h3-14,16,25,30H,2,15,17H2,1H3,(H,31,33). The Balaban J connectivity index is 1.50. The van der Waals surface area contributed by atoms with Gasteiger partial charge in [-0.1, -0.05) is 65.3 Å². The third-order valence-corrected chi connectivity index (χ3v) is 6.35. The van der Waals surface area contributed by atoms with Gasteiger partial charge >= 0.3 is 5.97 Å². The van der Waals surface area contributed by atoms with E-state index in [9.17, 15) is 14.4 Å². The van der Waals surface area contributed by atoms with E-state index in [1.807, 2.05) is 49.5 Å². The van der Waals surface area contributed by atoms with Gasteiger partial charge in [-0.25, -0.2) is 4.79 Å². The summed E-state index contributed by atoms with van der Waals surface area (Å²) in [6.45, 7) is 1.64. The number of ketones is 1. The lowest BCUT2D eigenvalue weighted by Gasteiger charge is -2.18. The monoisotopic (exact) mass is 532 g/mol. The number of H-pyrrole nitrogens is 1. The van der Waals surface area contributed by atoms with E-state index >= 15 is 0 Å². The number of para-hydroxylation sites is 1. The largest absolute Gasteiger partial charge is 0.456 e. The summed E-state index contributed by atoms with van der Waals surface area (Å²) in [5, 5.41) is 3.73. The number of aromatic amines is 1. The highest BCUT2D eigenvalue weighted by atomic mass is 79.9. The number of fused-ring (bicyclic) bond motifs is 1. The maximum Gasteiger partial charge on any atom is 0.329 e. The van der Waals surface area contributed by atoms with Gasteiger partial charge < -0.3 is 15.0 Å². The fraction of sp³-hybridized carbons (Fsp3) is 0.179. The average Bonchev–Trinajstić information content (AvgIpc) is 3.29. The van der Waals surface area contributed by atoms with Gasteiger partial charge in [-0.15, -0.1) is 0 Å². The number of carbonyl (C=O) groups is 3. The maximum atomic E-state index is 13.1. The molecule has 0 radical (unpaired) electrons. The number of amides is 1. The Hall–Kier alpha value is -3.71. The summed E-state index contributed by atoms with van der Waals surface area (Å²) in [5.41, 5.74) is 3.80. The minimum absolute atomic E-state index is 0.213. The van der Waals surface area contributed by atoms with Gasteiger partial charge in [0.05, 0.1) is 0 Å². The first-order valence-electron chi connectivity index (χ1n) is 11.3. The summed E-state index contributed by atoms with van der Waals surface area (Å²) >= 11 is 3.35. The number of Topliss-reactive ketones (excluding diaryl/α,β-unsaturated/α-hetero) is 1. The number of aromatic nitrogens is 1. The molecule has 0 aliphatic heterocycles. The van der Waals surface area contributed by atoms with Gasteiger partial charge in [-0.2, -0.15) is 0 Å². The number of ether oxygens (including phenoxy) is 1. The van der Waals surface area contributed by atoms with Crippen LogP contribution >= 0.6 is 15.9 Å². The minimum atomic E-state index is -0.972. The Morgan fingerprint density at radius 2 is 1.63 bits per heavy atom. The van der Waals surface area contributed by atoms with E-state index in [0.29, 0.717) is 11.1 Å². The van der Waals surface area contributed by atoms with Crippen molar-refractivity contribution >= 4 is 44.5 Å². The van der Waals surface area contributed by atoms with Crippen molar-refractivity contribution in [3.63, 3.8) is 0 Å². The number of halogens is 1. The molecule has 1 amide bonds. The topological polar surface area (TPSA) is 88.3 Å². The number of carbonyl (C=O) groups excluding carboxylic acids is 3. The zero-order valence-corrected chi connectivity index (χ0v) is 20.8. The van der Waals surface area contributed by atoms with Crippen LogP contribution in [0.3, 0.4) is 0 Å². The summed E-state index contributed by atoms with van der Waals surface area (Å²) in [6.07, 6.45) is 2.90. The highest BCUT2D eigenvalue weighted by Gasteiger charge is 2.25. The van der Waals surface area contributed by atoms with Crippen molar-refractivity contribution < 1.29 is 19.1 Å². The summed E-state index contributed by atoms with van der Waals surface area (Å²) in [7, 11) is 0. The predicted octanol–water partition coefficient (Wildman–Crippen LogP) is 5.26. The lowest BCUT2D eigenvalue weighted by Crippen LogP contribution is -2.43. The van der Waals surface area contributed by atoms with Crippen molar-refractivity contribution in [2.75, 3.05) is 6.61 Å². The lowest BCUT2D eigenvalue weighted by molar-refractivity contribution is -0.144. The van der Waals surface area contributed by atoms with Crippen LogP contribution in [0.5, 0.6) is 0 Å². The summed E-state index contributed by atoms with van der Waals surface area (Å²) in [4.78, 5) is 41.7. The molecule has 4 aromatic rings. The highest BCUT2D eigenvalue weighted by Crippen LogP contribution is 2.20. The van der Waals surface area contributed by atoms with Crippen molar-refractivity contribution in [1.82, 2.24) is 10.3 Å². The quantitative estimate of drug-likeness (QED) is 0.227. The van der Waals surface area contributed by atoms with Crippen LogP contribution < -0.4 is 5.32 Å². The zero-order valence-electron chi connectivity index (χ0n) is 19.2. The van der Waals surface area contributed by atoms with Gasteiger partial charge in [-0.05, 0) is 47.9 Å². The van der Waals surface area contributed by atoms with Crippen LogP contribution in [0.1, 0.15) is 38.8 Å². The molecule has 1 atom stereocenters. The lowest BCUT2D eigenvalue weighted by atomic mass is 10.0. The van der Waals surface area contributed by atoms with E-state index in [-0.39, 0.29) is 12.2 Å². The Kier molecular flexibility index (Phi) is 7.77. The van der Waals surface area contributed by atoms with Crippen LogP contribution in [0.4, 0.5) is 0 Å². The van der Waals surface area contributed by atoms with E-state index in [0.717, 1.165) is 32.9 Å². The van der Waals surface area contributed by atoms with Crippen molar-refractivity contribution in [1.29, 1.82) is 0 Å². The second kappa shape index (κ2) is 11.1. The SMILES string of the molecule is CCc1ccc(C(=O)COC(=O)C(Cc2c[nH]c3ccccc23)NC(=O)c2ccc(Br)cc2)cc1. The van der Waals surface area contributed by atoms with Crippen molar-refractivity contribution in [2.24, 2.45) is 0 Å². The molecule has 178 valence electrons. The molecule has 0 aliphatic carbocycles. The molecule has 2 N–H and O–H groups in total. The second-order valence-electron chi connectivity index (χ2n) is 8.18. The van der Waals surface area contributed by atoms with E-state index < -0.39 is 24.5 Å². The van der Waals surface area contributed by atoms with Crippen molar-refractivity contribution in [3.05, 3.63) is 106 Å². The van der Waals surface area contributed by atoms with E-state index in [1.54, 1.807) is 36.4 Å². The zero-order chi connectivity index (χ0) is 24.8. The minimum Gasteiger partial charge on any atom is -0.456 e. The molecular formula is C28H25BrN2O4. The normalized spacial score (nSPS) is 11.7. The molecule has 0 saturated carbocycles. The van der Waals surface area contributed by atoms with E-state index in [1.165, 1.54) is 0 Å². The summed E-state index contributed by atoms with van der Waals surface area (Å²) < 4.78 is 6.21. The molecule has 35 heavy (non-hydrogen) atoms. The Bertz CT molecular complexity index is 1340. The van der Waals surface area contributed by atoms with Gasteiger partial charge in [-0.3, -0.25) is 9.59 Å². The molecule has 1 heterocycles. The molecule has 1 unspecified atom stereocenters. The molecule has 0 aliphatic rings. The van der Waals surface area contributed by atoms with E-state index in [2.05, 4.69) is 26.2 Å². The summed E-state index contributed by atoms with van der Waals surface area (Å²) in [6, 6.07) is 20.8. The number of esters is 1. The fourth-order valence-corrected chi connectivity index (χ4v) is 4.07. The molecule has 0 saturated heterocycles. The van der Waals surface area contributed by atoms with Crippen LogP contribution in [0.2, 0.25) is 0 Å². The van der Waals surface area contributed by atoms with Crippen LogP contribution in [0.25, 0.3) is 10.9 Å². The number of nitrogens with one attached hydrogen (secondary N) is 2. The molecule has 0 fully saturated rings. The van der Waals surface area contributed by atoms with E-state index in [4.69, 9.17) is 4.74 Å². The molecule has 7 heteroatoms. The van der Waals surface area contributed by atoms with Crippen molar-refractivity contribution in [3.8, 4) is 0 Å². The number of hydrogen-bond donors (Lipinski definition) is 2. The molecule has 6 nitrogen and oxygen atoms in total. The highest BCUT2D eigenvalue weighted by molar-refractivity contribution is 9.10. The third-order valence-electron chi connectivity index (χ3n) is 5.82. The van der Waals surface area contributed by atoms with Gasteiger partial charge in [0.25, 0.3) is 5.91 Å². The Morgan fingerprint density at radius 3 is 2.34 bits per heavy atom. The predicted molar refractivity (Wildman–Crippen MR) is 139 cm³/mol. The van der Waals surface area contributed by atoms with Gasteiger partial charge in [0.1, 0.15) is 6.04 Å². The maximum absolute atomic E-state index is 13.1. The average molecular weight is 533 g/mol. The number of aryl methyl sites for hydroxylation is 1. The van der Waals surface area contributed by atoms with Crippen LogP contribution in [0, 0.1) is 0 Å². The van der Waals surface area contributed by atoms with Gasteiger partial charge in [0, 0.05) is 39.1 Å². The first-order valence-corrected chi connectivity index (χ1v) is 12.1. The van der Waals surface area contributed by atoms with Gasteiger partial charge in [0.2, 0.25) is 0 Å². The summed E-state index contributed by atoms with van der Waals surface area (Å²) in [5.74, 6) is -1.37. The van der Waals surface area contributed by atoms with Crippen LogP contribution in [-0.2, 0) is 22.4 Å². The smallest absolute Gasteiger partial charge is 0.329 e. The molecule has 3 aromatic carbocycles.